The van der Waals surface area contributed by atoms with Crippen LogP contribution in [0, 0.1) is 12.8 Å². The van der Waals surface area contributed by atoms with Crippen molar-refractivity contribution in [2.75, 3.05) is 39.5 Å². The zero-order valence-electron chi connectivity index (χ0n) is 14.7. The Morgan fingerprint density at radius 3 is 2.75 bits per heavy atom. The number of aryl methyl sites for hydroxylation is 1. The molecule has 0 spiro atoms. The van der Waals surface area contributed by atoms with Crippen molar-refractivity contribution in [1.82, 2.24) is 10.2 Å². The van der Waals surface area contributed by atoms with E-state index in [1.807, 2.05) is 19.1 Å². The van der Waals surface area contributed by atoms with Crippen molar-refractivity contribution in [3.8, 4) is 5.75 Å². The highest BCUT2D eigenvalue weighted by atomic mass is 35.5. The number of hydrogen-bond donors (Lipinski definition) is 1. The van der Waals surface area contributed by atoms with E-state index in [-0.39, 0.29) is 12.5 Å². The summed E-state index contributed by atoms with van der Waals surface area (Å²) in [7, 11) is 0. The van der Waals surface area contributed by atoms with Gasteiger partial charge in [-0.15, -0.1) is 0 Å². The largest absolute Gasteiger partial charge is 0.482 e. The molecule has 1 aliphatic heterocycles. The normalized spacial score (nSPS) is 16.9. The van der Waals surface area contributed by atoms with Gasteiger partial charge < -0.3 is 14.8 Å². The number of hydrogen-bond acceptors (Lipinski definition) is 4. The molecular weight excluding hydrogens is 328 g/mol. The Morgan fingerprint density at radius 2 is 2.08 bits per heavy atom. The third-order valence-corrected chi connectivity index (χ3v) is 4.55. The molecule has 1 amide bonds. The van der Waals surface area contributed by atoms with Gasteiger partial charge in [0.25, 0.3) is 5.91 Å². The van der Waals surface area contributed by atoms with Gasteiger partial charge in [0.1, 0.15) is 5.75 Å². The monoisotopic (exact) mass is 354 g/mol. The molecule has 134 valence electrons. The minimum absolute atomic E-state index is 0.0307. The fraction of sp³-hybridized carbons (Fsp3) is 0.611. The Morgan fingerprint density at radius 1 is 1.38 bits per heavy atom. The fourth-order valence-corrected chi connectivity index (χ4v) is 3.00. The quantitative estimate of drug-likeness (QED) is 0.817. The van der Waals surface area contributed by atoms with Crippen molar-refractivity contribution in [2.45, 2.75) is 26.8 Å². The van der Waals surface area contributed by atoms with Crippen molar-refractivity contribution >= 4 is 17.5 Å². The predicted molar refractivity (Wildman–Crippen MR) is 95.7 cm³/mol. The van der Waals surface area contributed by atoms with Crippen LogP contribution in [0.25, 0.3) is 0 Å². The first-order chi connectivity index (χ1) is 11.5. The molecule has 0 radical (unpaired) electrons. The fourth-order valence-electron chi connectivity index (χ4n) is 2.83. The first kappa shape index (κ1) is 19.0. The Balaban J connectivity index is 1.81. The number of ether oxygens (including phenoxy) is 2. The molecule has 1 heterocycles. The lowest BCUT2D eigenvalue weighted by Crippen LogP contribution is -2.51. The van der Waals surface area contributed by atoms with Gasteiger partial charge in [0, 0.05) is 25.7 Å². The van der Waals surface area contributed by atoms with Crippen LogP contribution in [0.1, 0.15) is 19.4 Å². The Kier molecular flexibility index (Phi) is 7.34. The van der Waals surface area contributed by atoms with Gasteiger partial charge in [-0.05, 0) is 30.5 Å². The Hall–Kier alpha value is -1.30. The summed E-state index contributed by atoms with van der Waals surface area (Å²) in [5, 5.41) is 3.49. The van der Waals surface area contributed by atoms with E-state index in [2.05, 4.69) is 24.1 Å². The number of carbonyl (C=O) groups excluding carboxylic acids is 1. The van der Waals surface area contributed by atoms with Crippen LogP contribution in [0.2, 0.25) is 5.02 Å². The molecule has 1 saturated heterocycles. The maximum Gasteiger partial charge on any atom is 0.257 e. The zero-order chi connectivity index (χ0) is 17.5. The number of nitrogens with one attached hydrogen (secondary N) is 1. The number of nitrogens with zero attached hydrogens (tertiary/aromatic N) is 1. The van der Waals surface area contributed by atoms with Crippen LogP contribution in [-0.4, -0.2) is 56.3 Å². The van der Waals surface area contributed by atoms with Gasteiger partial charge in [-0.1, -0.05) is 31.5 Å². The summed E-state index contributed by atoms with van der Waals surface area (Å²) in [6.45, 7) is 10.2. The van der Waals surface area contributed by atoms with Crippen molar-refractivity contribution in [1.29, 1.82) is 0 Å². The van der Waals surface area contributed by atoms with Gasteiger partial charge in [-0.3, -0.25) is 9.69 Å². The SMILES string of the molecule is Cc1ccc(Cl)c(OCC(=O)NCC(C(C)C)N2CCOCC2)c1. The van der Waals surface area contributed by atoms with Crippen molar-refractivity contribution < 1.29 is 14.3 Å². The van der Waals surface area contributed by atoms with E-state index < -0.39 is 0 Å². The van der Waals surface area contributed by atoms with Crippen LogP contribution < -0.4 is 10.1 Å². The first-order valence-corrected chi connectivity index (χ1v) is 8.82. The van der Waals surface area contributed by atoms with Crippen molar-refractivity contribution in [3.05, 3.63) is 28.8 Å². The van der Waals surface area contributed by atoms with Gasteiger partial charge in [-0.25, -0.2) is 0 Å². The summed E-state index contributed by atoms with van der Waals surface area (Å²) in [6, 6.07) is 5.82. The van der Waals surface area contributed by atoms with Crippen LogP contribution in [0.15, 0.2) is 18.2 Å². The molecule has 0 aliphatic carbocycles. The second-order valence-corrected chi connectivity index (χ2v) is 6.89. The van der Waals surface area contributed by atoms with Gasteiger partial charge in [0.2, 0.25) is 0 Å². The highest BCUT2D eigenvalue weighted by Gasteiger charge is 2.24. The number of halogens is 1. The van der Waals surface area contributed by atoms with Crippen molar-refractivity contribution in [3.63, 3.8) is 0 Å². The molecule has 5 nitrogen and oxygen atoms in total. The average Bonchev–Trinajstić information content (AvgIpc) is 2.56. The summed E-state index contributed by atoms with van der Waals surface area (Å²) < 4.78 is 10.9. The van der Waals surface area contributed by atoms with Gasteiger partial charge in [0.15, 0.2) is 6.61 Å². The summed E-state index contributed by atoms with van der Waals surface area (Å²) in [5.74, 6) is 0.863. The molecule has 1 fully saturated rings. The van der Waals surface area contributed by atoms with Crippen molar-refractivity contribution in [2.24, 2.45) is 5.92 Å². The summed E-state index contributed by atoms with van der Waals surface area (Å²) >= 11 is 6.08. The second kappa shape index (κ2) is 9.25. The number of rotatable bonds is 7. The third-order valence-electron chi connectivity index (χ3n) is 4.24. The van der Waals surface area contributed by atoms with Gasteiger partial charge >= 0.3 is 0 Å². The highest BCUT2D eigenvalue weighted by molar-refractivity contribution is 6.32. The van der Waals surface area contributed by atoms with Crippen LogP contribution in [0.4, 0.5) is 0 Å². The molecule has 0 aromatic heterocycles. The minimum atomic E-state index is -0.133. The van der Waals surface area contributed by atoms with Gasteiger partial charge in [0.05, 0.1) is 18.2 Å². The highest BCUT2D eigenvalue weighted by Crippen LogP contribution is 2.25. The number of morpholine rings is 1. The summed E-state index contributed by atoms with van der Waals surface area (Å²) in [6.07, 6.45) is 0. The molecule has 24 heavy (non-hydrogen) atoms. The molecule has 1 atom stereocenters. The Labute approximate surface area is 149 Å². The minimum Gasteiger partial charge on any atom is -0.482 e. The summed E-state index contributed by atoms with van der Waals surface area (Å²) in [5.41, 5.74) is 1.04. The van der Waals surface area contributed by atoms with Crippen LogP contribution >= 0.6 is 11.6 Å². The number of carbonyl (C=O) groups is 1. The van der Waals surface area contributed by atoms with Gasteiger partial charge in [-0.2, -0.15) is 0 Å². The molecule has 6 heteroatoms. The first-order valence-electron chi connectivity index (χ1n) is 8.45. The molecule has 1 aromatic rings. The smallest absolute Gasteiger partial charge is 0.257 e. The summed E-state index contributed by atoms with van der Waals surface area (Å²) in [4.78, 5) is 14.5. The van der Waals surface area contributed by atoms with E-state index in [1.54, 1.807) is 6.07 Å². The predicted octanol–water partition coefficient (Wildman–Crippen LogP) is 2.50. The van der Waals surface area contributed by atoms with Crippen LogP contribution in [-0.2, 0) is 9.53 Å². The molecule has 1 N–H and O–H groups in total. The lowest BCUT2D eigenvalue weighted by molar-refractivity contribution is -0.123. The lowest BCUT2D eigenvalue weighted by atomic mass is 10.0. The number of benzene rings is 1. The maximum atomic E-state index is 12.1. The molecule has 2 rings (SSSR count). The molecule has 1 aliphatic rings. The van der Waals surface area contributed by atoms with Crippen LogP contribution in [0.3, 0.4) is 0 Å². The lowest BCUT2D eigenvalue weighted by Gasteiger charge is -2.36. The molecule has 1 unspecified atom stereocenters. The maximum absolute atomic E-state index is 12.1. The third kappa shape index (κ3) is 5.65. The second-order valence-electron chi connectivity index (χ2n) is 6.49. The van der Waals surface area contributed by atoms with E-state index in [1.165, 1.54) is 0 Å². The Bertz CT molecular complexity index is 545. The van der Waals surface area contributed by atoms with Crippen LogP contribution in [0.5, 0.6) is 5.75 Å². The van der Waals surface area contributed by atoms with E-state index in [4.69, 9.17) is 21.1 Å². The topological polar surface area (TPSA) is 50.8 Å². The zero-order valence-corrected chi connectivity index (χ0v) is 15.4. The van der Waals surface area contributed by atoms with E-state index >= 15 is 0 Å². The molecule has 1 aromatic carbocycles. The standard InChI is InChI=1S/C18H27ClN2O3/c1-13(2)16(21-6-8-23-9-7-21)11-20-18(22)12-24-17-10-14(3)4-5-15(17)19/h4-5,10,13,16H,6-9,11-12H2,1-3H3,(H,20,22). The van der Waals surface area contributed by atoms with E-state index in [0.717, 1.165) is 31.9 Å². The number of amides is 1. The molecule has 0 bridgehead atoms. The van der Waals surface area contributed by atoms with E-state index in [0.29, 0.717) is 29.3 Å². The van der Waals surface area contributed by atoms with E-state index in [9.17, 15) is 4.79 Å². The average molecular weight is 355 g/mol. The molecular formula is C18H27ClN2O3. The molecule has 0 saturated carbocycles.